The predicted molar refractivity (Wildman–Crippen MR) is 103 cm³/mol. The summed E-state index contributed by atoms with van der Waals surface area (Å²) in [7, 11) is 1.74. The Morgan fingerprint density at radius 2 is 2.04 bits per heavy atom. The highest BCUT2D eigenvalue weighted by atomic mass is 16.5. The van der Waals surface area contributed by atoms with Gasteiger partial charge in [-0.1, -0.05) is 24.3 Å². The molecule has 3 rings (SSSR count). The molecular formula is C21H23N3O3. The summed E-state index contributed by atoms with van der Waals surface area (Å²) in [6.07, 6.45) is -0.111. The van der Waals surface area contributed by atoms with E-state index >= 15 is 0 Å². The van der Waals surface area contributed by atoms with Crippen LogP contribution in [0.15, 0.2) is 48.5 Å². The van der Waals surface area contributed by atoms with Crippen LogP contribution >= 0.6 is 0 Å². The number of amides is 1. The van der Waals surface area contributed by atoms with E-state index in [0.29, 0.717) is 17.9 Å². The van der Waals surface area contributed by atoms with Gasteiger partial charge in [0.2, 0.25) is 0 Å². The van der Waals surface area contributed by atoms with Crippen LogP contribution in [0.2, 0.25) is 0 Å². The van der Waals surface area contributed by atoms with Crippen molar-refractivity contribution in [2.45, 2.75) is 13.0 Å². The molecule has 0 saturated carbocycles. The second-order valence-electron chi connectivity index (χ2n) is 6.42. The van der Waals surface area contributed by atoms with Crippen LogP contribution in [0.5, 0.6) is 11.5 Å². The standard InChI is InChI=1S/C21H23N3O3/c1-3-24-14-17(27-20-11-7-5-9-18(20)24)13-23(2)21(25)15-26-19-10-6-4-8-16(19)12-22/h4-11,17H,3,13-15H2,1-2H3/t17-/m1/s1. The van der Waals surface area contributed by atoms with Gasteiger partial charge < -0.3 is 19.3 Å². The zero-order chi connectivity index (χ0) is 19.2. The maximum absolute atomic E-state index is 12.4. The molecule has 1 heterocycles. The Kier molecular flexibility index (Phi) is 5.82. The minimum atomic E-state index is -0.159. The molecule has 1 aliphatic rings. The van der Waals surface area contributed by atoms with E-state index in [-0.39, 0.29) is 18.6 Å². The molecule has 0 radical (unpaired) electrons. The topological polar surface area (TPSA) is 65.8 Å². The normalized spacial score (nSPS) is 15.3. The average molecular weight is 365 g/mol. The van der Waals surface area contributed by atoms with E-state index in [1.54, 1.807) is 36.2 Å². The Labute approximate surface area is 159 Å². The number of rotatable bonds is 6. The number of likely N-dealkylation sites (N-methyl/N-ethyl adjacent to an activating group) is 2. The molecule has 0 aliphatic carbocycles. The first-order chi connectivity index (χ1) is 13.1. The first-order valence-electron chi connectivity index (χ1n) is 8.99. The number of para-hydroxylation sites is 3. The highest BCUT2D eigenvalue weighted by Crippen LogP contribution is 2.32. The van der Waals surface area contributed by atoms with Gasteiger partial charge in [-0.25, -0.2) is 0 Å². The van der Waals surface area contributed by atoms with Crippen molar-refractivity contribution in [1.29, 1.82) is 5.26 Å². The summed E-state index contributed by atoms with van der Waals surface area (Å²) < 4.78 is 11.6. The van der Waals surface area contributed by atoms with Crippen LogP contribution in [-0.2, 0) is 4.79 Å². The average Bonchev–Trinajstić information content (AvgIpc) is 2.71. The molecule has 0 saturated heterocycles. The minimum absolute atomic E-state index is 0.111. The molecule has 0 bridgehead atoms. The number of nitriles is 1. The fourth-order valence-corrected chi connectivity index (χ4v) is 3.12. The molecule has 2 aromatic carbocycles. The fourth-order valence-electron chi connectivity index (χ4n) is 3.12. The second-order valence-corrected chi connectivity index (χ2v) is 6.42. The number of nitrogens with zero attached hydrogens (tertiary/aromatic N) is 3. The number of fused-ring (bicyclic) bond motifs is 1. The van der Waals surface area contributed by atoms with Crippen molar-refractivity contribution < 1.29 is 14.3 Å². The monoisotopic (exact) mass is 365 g/mol. The first kappa shape index (κ1) is 18.6. The van der Waals surface area contributed by atoms with Crippen molar-refractivity contribution in [3.8, 4) is 17.6 Å². The van der Waals surface area contributed by atoms with E-state index in [1.165, 1.54) is 0 Å². The van der Waals surface area contributed by atoms with Gasteiger partial charge in [0.05, 0.1) is 24.3 Å². The summed E-state index contributed by atoms with van der Waals surface area (Å²) in [6.45, 7) is 4.06. The van der Waals surface area contributed by atoms with E-state index in [2.05, 4.69) is 17.9 Å². The van der Waals surface area contributed by atoms with Gasteiger partial charge in [-0.3, -0.25) is 4.79 Å². The number of carbonyl (C=O) groups excluding carboxylic acids is 1. The lowest BCUT2D eigenvalue weighted by atomic mass is 10.2. The number of anilines is 1. The van der Waals surface area contributed by atoms with Crippen LogP contribution in [-0.4, -0.2) is 50.2 Å². The molecule has 1 aliphatic heterocycles. The number of ether oxygens (including phenoxy) is 2. The van der Waals surface area contributed by atoms with Gasteiger partial charge in [-0.2, -0.15) is 5.26 Å². The van der Waals surface area contributed by atoms with Crippen molar-refractivity contribution in [3.63, 3.8) is 0 Å². The summed E-state index contributed by atoms with van der Waals surface area (Å²) in [4.78, 5) is 16.3. The van der Waals surface area contributed by atoms with Crippen molar-refractivity contribution in [3.05, 3.63) is 54.1 Å². The van der Waals surface area contributed by atoms with Gasteiger partial charge >= 0.3 is 0 Å². The molecule has 0 fully saturated rings. The summed E-state index contributed by atoms with van der Waals surface area (Å²) in [5, 5.41) is 9.09. The molecule has 6 heteroatoms. The Bertz CT molecular complexity index is 847. The van der Waals surface area contributed by atoms with Crippen LogP contribution in [0.4, 0.5) is 5.69 Å². The lowest BCUT2D eigenvalue weighted by Crippen LogP contribution is -2.47. The SMILES string of the molecule is CCN1C[C@@H](CN(C)C(=O)COc2ccccc2C#N)Oc2ccccc21. The lowest BCUT2D eigenvalue weighted by molar-refractivity contribution is -0.133. The van der Waals surface area contributed by atoms with E-state index in [4.69, 9.17) is 14.7 Å². The van der Waals surface area contributed by atoms with Gasteiger partial charge in [0, 0.05) is 13.6 Å². The van der Waals surface area contributed by atoms with Crippen LogP contribution in [0.1, 0.15) is 12.5 Å². The third kappa shape index (κ3) is 4.32. The van der Waals surface area contributed by atoms with Crippen LogP contribution in [0, 0.1) is 11.3 Å². The van der Waals surface area contributed by atoms with Gasteiger partial charge in [0.25, 0.3) is 5.91 Å². The molecule has 6 nitrogen and oxygen atoms in total. The summed E-state index contributed by atoms with van der Waals surface area (Å²) in [5.74, 6) is 1.10. The third-order valence-electron chi connectivity index (χ3n) is 4.57. The highest BCUT2D eigenvalue weighted by Gasteiger charge is 2.26. The van der Waals surface area contributed by atoms with Gasteiger partial charge in [-0.15, -0.1) is 0 Å². The first-order valence-corrected chi connectivity index (χ1v) is 8.99. The maximum atomic E-state index is 12.4. The van der Waals surface area contributed by atoms with Crippen molar-refractivity contribution in [1.82, 2.24) is 4.90 Å². The highest BCUT2D eigenvalue weighted by molar-refractivity contribution is 5.77. The van der Waals surface area contributed by atoms with Crippen molar-refractivity contribution in [2.75, 3.05) is 38.2 Å². The molecule has 0 aromatic heterocycles. The Morgan fingerprint density at radius 1 is 1.30 bits per heavy atom. The summed E-state index contributed by atoms with van der Waals surface area (Å²) in [5.41, 5.74) is 1.50. The third-order valence-corrected chi connectivity index (χ3v) is 4.57. The largest absolute Gasteiger partial charge is 0.485 e. The molecule has 0 unspecified atom stereocenters. The Morgan fingerprint density at radius 3 is 2.81 bits per heavy atom. The molecular weight excluding hydrogens is 342 g/mol. The zero-order valence-electron chi connectivity index (χ0n) is 15.6. The number of carbonyl (C=O) groups is 1. The number of hydrogen-bond acceptors (Lipinski definition) is 5. The van der Waals surface area contributed by atoms with E-state index in [0.717, 1.165) is 24.5 Å². The lowest BCUT2D eigenvalue weighted by Gasteiger charge is -2.37. The van der Waals surface area contributed by atoms with E-state index in [9.17, 15) is 4.79 Å². The van der Waals surface area contributed by atoms with Gasteiger partial charge in [0.15, 0.2) is 6.61 Å². The van der Waals surface area contributed by atoms with Crippen LogP contribution in [0.3, 0.4) is 0 Å². The molecule has 0 N–H and O–H groups in total. The molecule has 140 valence electrons. The molecule has 1 atom stereocenters. The van der Waals surface area contributed by atoms with Gasteiger partial charge in [0.1, 0.15) is 23.7 Å². The molecule has 2 aromatic rings. The predicted octanol–water partition coefficient (Wildman–Crippen LogP) is 2.68. The zero-order valence-corrected chi connectivity index (χ0v) is 15.6. The minimum Gasteiger partial charge on any atom is -0.485 e. The second kappa shape index (κ2) is 8.45. The quantitative estimate of drug-likeness (QED) is 0.787. The van der Waals surface area contributed by atoms with Crippen LogP contribution < -0.4 is 14.4 Å². The van der Waals surface area contributed by atoms with E-state index in [1.807, 2.05) is 24.3 Å². The molecule has 27 heavy (non-hydrogen) atoms. The smallest absolute Gasteiger partial charge is 0.260 e. The molecule has 1 amide bonds. The van der Waals surface area contributed by atoms with Gasteiger partial charge in [-0.05, 0) is 31.2 Å². The van der Waals surface area contributed by atoms with Crippen molar-refractivity contribution in [2.24, 2.45) is 0 Å². The number of hydrogen-bond donors (Lipinski definition) is 0. The Hall–Kier alpha value is -3.20. The Balaban J connectivity index is 1.58. The summed E-state index contributed by atoms with van der Waals surface area (Å²) >= 11 is 0. The molecule has 0 spiro atoms. The van der Waals surface area contributed by atoms with E-state index < -0.39 is 0 Å². The fraction of sp³-hybridized carbons (Fsp3) is 0.333. The van der Waals surface area contributed by atoms with Crippen LogP contribution in [0.25, 0.3) is 0 Å². The maximum Gasteiger partial charge on any atom is 0.260 e. The summed E-state index contributed by atoms with van der Waals surface area (Å²) in [6, 6.07) is 16.9. The van der Waals surface area contributed by atoms with Crippen molar-refractivity contribution >= 4 is 11.6 Å². The number of benzene rings is 2.